The van der Waals surface area contributed by atoms with E-state index in [-0.39, 0.29) is 5.91 Å². The molecule has 0 spiro atoms. The molecule has 0 saturated carbocycles. The lowest BCUT2D eigenvalue weighted by molar-refractivity contribution is -0.114. The Balaban J connectivity index is 1.97. The van der Waals surface area contributed by atoms with Gasteiger partial charge in [-0.15, -0.1) is 0 Å². The Morgan fingerprint density at radius 1 is 1.25 bits per heavy atom. The smallest absolute Gasteiger partial charge is 0.280 e. The third-order valence-electron chi connectivity index (χ3n) is 3.60. The van der Waals surface area contributed by atoms with Gasteiger partial charge in [-0.25, -0.2) is 0 Å². The number of anilines is 1. The first-order valence-electron chi connectivity index (χ1n) is 7.21. The minimum Gasteiger partial charge on any atom is -0.494 e. The first kappa shape index (κ1) is 16.7. The van der Waals surface area contributed by atoms with Gasteiger partial charge in [-0.3, -0.25) is 4.79 Å². The highest BCUT2D eigenvalue weighted by Crippen LogP contribution is 2.35. The summed E-state index contributed by atoms with van der Waals surface area (Å²) in [5, 5.41) is 6.23. The first-order valence-corrected chi connectivity index (χ1v) is 8.38. The maximum Gasteiger partial charge on any atom is 0.280 e. The molecular weight excluding hydrogens is 392 g/mol. The minimum atomic E-state index is -0.165. The molecule has 2 aromatic rings. The molecule has 2 aromatic carbocycles. The Morgan fingerprint density at radius 2 is 1.96 bits per heavy atom. The Kier molecular flexibility index (Phi) is 4.73. The summed E-state index contributed by atoms with van der Waals surface area (Å²) in [6.45, 7) is 1.81. The molecule has 24 heavy (non-hydrogen) atoms. The fourth-order valence-corrected chi connectivity index (χ4v) is 3.51. The van der Waals surface area contributed by atoms with Crippen molar-refractivity contribution in [3.05, 3.63) is 63.1 Å². The van der Waals surface area contributed by atoms with E-state index in [1.54, 1.807) is 19.3 Å². The minimum absolute atomic E-state index is 0.165. The van der Waals surface area contributed by atoms with Crippen LogP contribution < -0.4 is 9.75 Å². The normalized spacial score (nSPS) is 15.8. The monoisotopic (exact) mass is 404 g/mol. The first-order chi connectivity index (χ1) is 11.5. The van der Waals surface area contributed by atoms with E-state index in [4.69, 9.17) is 16.3 Å². The van der Waals surface area contributed by atoms with Crippen molar-refractivity contribution in [2.45, 2.75) is 6.92 Å². The lowest BCUT2D eigenvalue weighted by Gasteiger charge is -2.11. The lowest BCUT2D eigenvalue weighted by Crippen LogP contribution is -2.21. The van der Waals surface area contributed by atoms with Gasteiger partial charge in [0.15, 0.2) is 5.75 Å². The molecule has 6 heteroatoms. The summed E-state index contributed by atoms with van der Waals surface area (Å²) in [5.41, 5.74) is 2.72. The zero-order valence-corrected chi connectivity index (χ0v) is 15.4. The summed E-state index contributed by atoms with van der Waals surface area (Å²) in [6.07, 6.45) is 1.78. The number of carbonyl (C=O) groups excluding carboxylic acids is 1. The summed E-state index contributed by atoms with van der Waals surface area (Å²) >= 11 is 9.63. The van der Waals surface area contributed by atoms with Crippen LogP contribution in [0.2, 0.25) is 5.02 Å². The number of nitrogens with zero attached hydrogens (tertiary/aromatic N) is 2. The van der Waals surface area contributed by atoms with Crippen LogP contribution in [0.25, 0.3) is 6.08 Å². The predicted octanol–water partition coefficient (Wildman–Crippen LogP) is 4.92. The van der Waals surface area contributed by atoms with Crippen LogP contribution in [0.1, 0.15) is 12.5 Å². The van der Waals surface area contributed by atoms with Crippen LogP contribution in [0.3, 0.4) is 0 Å². The van der Waals surface area contributed by atoms with Crippen LogP contribution in [-0.4, -0.2) is 18.7 Å². The lowest BCUT2D eigenvalue weighted by atomic mass is 10.1. The van der Waals surface area contributed by atoms with E-state index >= 15 is 0 Å². The molecule has 0 radical (unpaired) electrons. The van der Waals surface area contributed by atoms with Crippen molar-refractivity contribution in [1.82, 2.24) is 0 Å². The second-order valence-electron chi connectivity index (χ2n) is 5.21. The van der Waals surface area contributed by atoms with Gasteiger partial charge in [0.05, 0.1) is 33.6 Å². The molecule has 0 atom stereocenters. The van der Waals surface area contributed by atoms with E-state index in [0.29, 0.717) is 22.1 Å². The molecule has 0 aliphatic carbocycles. The van der Waals surface area contributed by atoms with Gasteiger partial charge in [0, 0.05) is 0 Å². The molecule has 0 unspecified atom stereocenters. The van der Waals surface area contributed by atoms with Gasteiger partial charge >= 0.3 is 0 Å². The topological polar surface area (TPSA) is 41.9 Å². The Bertz CT molecular complexity index is 840. The predicted molar refractivity (Wildman–Crippen MR) is 101 cm³/mol. The fraction of sp³-hybridized carbons (Fsp3) is 0.111. The third kappa shape index (κ3) is 3.09. The fourth-order valence-electron chi connectivity index (χ4n) is 2.45. The van der Waals surface area contributed by atoms with Crippen molar-refractivity contribution < 1.29 is 9.53 Å². The number of hydrogen-bond acceptors (Lipinski definition) is 3. The van der Waals surface area contributed by atoms with Crippen molar-refractivity contribution in [2.24, 2.45) is 5.10 Å². The number of hydrazone groups is 1. The zero-order valence-electron chi connectivity index (χ0n) is 13.1. The average Bonchev–Trinajstić information content (AvgIpc) is 2.84. The van der Waals surface area contributed by atoms with Crippen molar-refractivity contribution in [2.75, 3.05) is 12.1 Å². The van der Waals surface area contributed by atoms with Crippen molar-refractivity contribution >= 4 is 50.9 Å². The van der Waals surface area contributed by atoms with E-state index in [9.17, 15) is 4.79 Å². The number of methoxy groups -OCH3 is 1. The SMILES string of the molecule is COc1c(Cl)cc(/C=C2/C(=O)N(c3ccccc3)N=C2C)cc1Br. The van der Waals surface area contributed by atoms with Crippen LogP contribution in [-0.2, 0) is 4.79 Å². The highest BCUT2D eigenvalue weighted by atomic mass is 79.9. The van der Waals surface area contributed by atoms with Crippen LogP contribution in [0.5, 0.6) is 5.75 Å². The molecule has 3 rings (SSSR count). The Morgan fingerprint density at radius 3 is 2.58 bits per heavy atom. The summed E-state index contributed by atoms with van der Waals surface area (Å²) in [5.74, 6) is 0.398. The number of ether oxygens (including phenoxy) is 1. The number of rotatable bonds is 3. The standard InChI is InChI=1S/C18H14BrClN2O2/c1-11-14(8-12-9-15(19)17(24-2)16(20)10-12)18(23)22(21-11)13-6-4-3-5-7-13/h3-10H,1-2H3/b14-8+. The molecule has 1 aliphatic rings. The number of amides is 1. The molecule has 1 amide bonds. The van der Waals surface area contributed by atoms with Gasteiger partial charge in [-0.1, -0.05) is 29.8 Å². The maximum atomic E-state index is 12.7. The van der Waals surface area contributed by atoms with E-state index in [1.165, 1.54) is 5.01 Å². The van der Waals surface area contributed by atoms with Crippen molar-refractivity contribution in [3.63, 3.8) is 0 Å². The molecular formula is C18H14BrClN2O2. The van der Waals surface area contributed by atoms with Crippen LogP contribution in [0.4, 0.5) is 5.69 Å². The number of carbonyl (C=O) groups is 1. The van der Waals surface area contributed by atoms with Crippen molar-refractivity contribution in [1.29, 1.82) is 0 Å². The van der Waals surface area contributed by atoms with E-state index < -0.39 is 0 Å². The quantitative estimate of drug-likeness (QED) is 0.680. The molecule has 0 N–H and O–H groups in total. The van der Waals surface area contributed by atoms with Gasteiger partial charge in [-0.2, -0.15) is 10.1 Å². The average molecular weight is 406 g/mol. The number of benzene rings is 2. The van der Waals surface area contributed by atoms with Crippen LogP contribution >= 0.6 is 27.5 Å². The van der Waals surface area contributed by atoms with Crippen molar-refractivity contribution in [3.8, 4) is 5.75 Å². The summed E-state index contributed by atoms with van der Waals surface area (Å²) in [4.78, 5) is 12.7. The van der Waals surface area contributed by atoms with Gasteiger partial charge in [-0.05, 0) is 58.8 Å². The maximum absolute atomic E-state index is 12.7. The summed E-state index contributed by atoms with van der Waals surface area (Å²) in [7, 11) is 1.55. The largest absolute Gasteiger partial charge is 0.494 e. The van der Waals surface area contributed by atoms with Gasteiger partial charge in [0.2, 0.25) is 0 Å². The van der Waals surface area contributed by atoms with Crippen LogP contribution in [0.15, 0.2) is 57.6 Å². The van der Waals surface area contributed by atoms with Crippen LogP contribution in [0, 0.1) is 0 Å². The highest BCUT2D eigenvalue weighted by Gasteiger charge is 2.28. The second kappa shape index (κ2) is 6.79. The van der Waals surface area contributed by atoms with E-state index in [0.717, 1.165) is 15.7 Å². The molecule has 122 valence electrons. The highest BCUT2D eigenvalue weighted by molar-refractivity contribution is 9.10. The van der Waals surface area contributed by atoms with Gasteiger partial charge in [0.1, 0.15) is 0 Å². The zero-order chi connectivity index (χ0) is 17.3. The molecule has 0 aromatic heterocycles. The Labute approximate surface area is 153 Å². The number of para-hydroxylation sites is 1. The number of halogens is 2. The van der Waals surface area contributed by atoms with E-state index in [2.05, 4.69) is 21.0 Å². The van der Waals surface area contributed by atoms with Gasteiger partial charge < -0.3 is 4.74 Å². The molecule has 0 bridgehead atoms. The third-order valence-corrected chi connectivity index (χ3v) is 4.47. The second-order valence-corrected chi connectivity index (χ2v) is 6.48. The molecule has 0 fully saturated rings. The van der Waals surface area contributed by atoms with E-state index in [1.807, 2.05) is 43.3 Å². The Hall–Kier alpha value is -2.11. The summed E-state index contributed by atoms with van der Waals surface area (Å²) in [6, 6.07) is 12.9. The molecule has 1 aliphatic heterocycles. The molecule has 0 saturated heterocycles. The summed E-state index contributed by atoms with van der Waals surface area (Å²) < 4.78 is 5.95. The number of hydrogen-bond donors (Lipinski definition) is 0. The molecule has 1 heterocycles. The van der Waals surface area contributed by atoms with Gasteiger partial charge in [0.25, 0.3) is 5.91 Å². The molecule has 4 nitrogen and oxygen atoms in total.